The standard InChI is InChI=1S/C25H36N2O4/c28-24(17-20-5-2-1-3-6-20)27-12-4-7-21(18-27)19-31-23-10-8-22(9-11-23)25(29)26-13-15-30-16-14-26/h8-11,20-21H,1-7,12-19H2. The molecule has 2 amide bonds. The Balaban J connectivity index is 1.23. The van der Waals surface area contributed by atoms with Gasteiger partial charge < -0.3 is 19.3 Å². The van der Waals surface area contributed by atoms with Crippen molar-refractivity contribution in [3.05, 3.63) is 29.8 Å². The maximum absolute atomic E-state index is 12.8. The van der Waals surface area contributed by atoms with Gasteiger partial charge in [0.2, 0.25) is 5.91 Å². The lowest BCUT2D eigenvalue weighted by molar-refractivity contribution is -0.134. The highest BCUT2D eigenvalue weighted by atomic mass is 16.5. The Bertz CT molecular complexity index is 724. The van der Waals surface area contributed by atoms with Gasteiger partial charge in [0.25, 0.3) is 5.91 Å². The minimum Gasteiger partial charge on any atom is -0.493 e. The molecular weight excluding hydrogens is 392 g/mol. The Morgan fingerprint density at radius 3 is 2.32 bits per heavy atom. The number of rotatable bonds is 6. The summed E-state index contributed by atoms with van der Waals surface area (Å²) in [5.41, 5.74) is 0.686. The third-order valence-corrected chi connectivity index (χ3v) is 6.95. The number of hydrogen-bond donors (Lipinski definition) is 0. The lowest BCUT2D eigenvalue weighted by Crippen LogP contribution is -2.42. The molecule has 1 unspecified atom stereocenters. The Kier molecular flexibility index (Phi) is 7.84. The van der Waals surface area contributed by atoms with Crippen molar-refractivity contribution in [2.24, 2.45) is 11.8 Å². The first-order valence-electron chi connectivity index (χ1n) is 12.1. The molecule has 31 heavy (non-hydrogen) atoms. The molecule has 1 aromatic carbocycles. The molecule has 1 atom stereocenters. The van der Waals surface area contributed by atoms with E-state index in [2.05, 4.69) is 4.90 Å². The van der Waals surface area contributed by atoms with Crippen LogP contribution in [-0.2, 0) is 9.53 Å². The van der Waals surface area contributed by atoms with Crippen molar-refractivity contribution >= 4 is 11.8 Å². The number of amides is 2. The van der Waals surface area contributed by atoms with Crippen LogP contribution < -0.4 is 4.74 Å². The van der Waals surface area contributed by atoms with Gasteiger partial charge in [-0.15, -0.1) is 0 Å². The largest absolute Gasteiger partial charge is 0.493 e. The van der Waals surface area contributed by atoms with E-state index in [9.17, 15) is 9.59 Å². The van der Waals surface area contributed by atoms with Crippen molar-refractivity contribution in [2.45, 2.75) is 51.4 Å². The number of carbonyl (C=O) groups excluding carboxylic acids is 2. The summed E-state index contributed by atoms with van der Waals surface area (Å²) in [4.78, 5) is 29.2. The summed E-state index contributed by atoms with van der Waals surface area (Å²) in [6.45, 7) is 4.82. The van der Waals surface area contributed by atoms with Crippen molar-refractivity contribution < 1.29 is 19.1 Å². The third-order valence-electron chi connectivity index (χ3n) is 6.95. The van der Waals surface area contributed by atoms with Crippen LogP contribution in [0.2, 0.25) is 0 Å². The van der Waals surface area contributed by atoms with Gasteiger partial charge in [-0.05, 0) is 55.9 Å². The van der Waals surface area contributed by atoms with Crippen molar-refractivity contribution in [1.82, 2.24) is 9.80 Å². The first-order chi connectivity index (χ1) is 15.2. The van der Waals surface area contributed by atoms with E-state index in [0.29, 0.717) is 56.2 Å². The summed E-state index contributed by atoms with van der Waals surface area (Å²) in [7, 11) is 0. The Labute approximate surface area is 185 Å². The highest BCUT2D eigenvalue weighted by Crippen LogP contribution is 2.28. The smallest absolute Gasteiger partial charge is 0.254 e. The number of ether oxygens (including phenoxy) is 2. The molecule has 0 spiro atoms. The average Bonchev–Trinajstić information content (AvgIpc) is 2.84. The zero-order valence-electron chi connectivity index (χ0n) is 18.6. The van der Waals surface area contributed by atoms with E-state index in [1.165, 1.54) is 32.1 Å². The molecule has 0 N–H and O–H groups in total. The predicted octanol–water partition coefficient (Wildman–Crippen LogP) is 3.75. The van der Waals surface area contributed by atoms with Crippen LogP contribution in [0.4, 0.5) is 0 Å². The van der Waals surface area contributed by atoms with E-state index in [-0.39, 0.29) is 5.91 Å². The number of carbonyl (C=O) groups is 2. The summed E-state index contributed by atoms with van der Waals surface area (Å²) in [6, 6.07) is 7.44. The van der Waals surface area contributed by atoms with Crippen LogP contribution >= 0.6 is 0 Å². The second kappa shape index (κ2) is 11.0. The maximum Gasteiger partial charge on any atom is 0.254 e. The van der Waals surface area contributed by atoms with Crippen LogP contribution in [0.3, 0.4) is 0 Å². The molecule has 1 aromatic rings. The van der Waals surface area contributed by atoms with E-state index < -0.39 is 0 Å². The van der Waals surface area contributed by atoms with Crippen LogP contribution in [-0.4, -0.2) is 67.6 Å². The summed E-state index contributed by atoms with van der Waals surface area (Å²) in [6.07, 6.45) is 9.21. The van der Waals surface area contributed by atoms with Gasteiger partial charge in [-0.2, -0.15) is 0 Å². The zero-order valence-corrected chi connectivity index (χ0v) is 18.6. The van der Waals surface area contributed by atoms with Gasteiger partial charge in [0.05, 0.1) is 19.8 Å². The highest BCUT2D eigenvalue weighted by molar-refractivity contribution is 5.94. The van der Waals surface area contributed by atoms with Gasteiger partial charge in [0, 0.05) is 44.1 Å². The maximum atomic E-state index is 12.8. The first kappa shape index (κ1) is 22.1. The molecule has 3 fully saturated rings. The fourth-order valence-electron chi connectivity index (χ4n) is 5.05. The van der Waals surface area contributed by atoms with Gasteiger partial charge in [-0.1, -0.05) is 19.3 Å². The Morgan fingerprint density at radius 2 is 1.58 bits per heavy atom. The monoisotopic (exact) mass is 428 g/mol. The fraction of sp³-hybridized carbons (Fsp3) is 0.680. The minimum atomic E-state index is 0.0502. The van der Waals surface area contributed by atoms with Crippen LogP contribution in [0.25, 0.3) is 0 Å². The Morgan fingerprint density at radius 1 is 0.871 bits per heavy atom. The molecule has 170 valence electrons. The number of hydrogen-bond acceptors (Lipinski definition) is 4. The SMILES string of the molecule is O=C(CC1CCCCC1)N1CCCC(COc2ccc(C(=O)N3CCOCC3)cc2)C1. The van der Waals surface area contributed by atoms with E-state index in [1.54, 1.807) is 0 Å². The van der Waals surface area contributed by atoms with Gasteiger partial charge in [0.1, 0.15) is 5.75 Å². The van der Waals surface area contributed by atoms with Gasteiger partial charge in [-0.3, -0.25) is 9.59 Å². The molecular formula is C25H36N2O4. The van der Waals surface area contributed by atoms with Crippen LogP contribution in [0, 0.1) is 11.8 Å². The van der Waals surface area contributed by atoms with Crippen LogP contribution in [0.1, 0.15) is 61.7 Å². The van der Waals surface area contributed by atoms with E-state index >= 15 is 0 Å². The van der Waals surface area contributed by atoms with Crippen molar-refractivity contribution in [3.8, 4) is 5.75 Å². The number of benzene rings is 1. The predicted molar refractivity (Wildman–Crippen MR) is 119 cm³/mol. The van der Waals surface area contributed by atoms with Gasteiger partial charge >= 0.3 is 0 Å². The lowest BCUT2D eigenvalue weighted by Gasteiger charge is -2.34. The van der Waals surface area contributed by atoms with E-state index in [0.717, 1.165) is 38.1 Å². The molecule has 3 aliphatic rings. The highest BCUT2D eigenvalue weighted by Gasteiger charge is 2.26. The second-order valence-corrected chi connectivity index (χ2v) is 9.30. The number of piperidine rings is 1. The molecule has 0 radical (unpaired) electrons. The summed E-state index contributed by atoms with van der Waals surface area (Å²) in [5, 5.41) is 0. The fourth-order valence-corrected chi connectivity index (χ4v) is 5.05. The molecule has 4 rings (SSSR count). The average molecular weight is 429 g/mol. The zero-order chi connectivity index (χ0) is 21.5. The van der Waals surface area contributed by atoms with Crippen LogP contribution in [0.15, 0.2) is 24.3 Å². The van der Waals surface area contributed by atoms with Crippen molar-refractivity contribution in [1.29, 1.82) is 0 Å². The quantitative estimate of drug-likeness (QED) is 0.693. The van der Waals surface area contributed by atoms with E-state index in [4.69, 9.17) is 9.47 Å². The topological polar surface area (TPSA) is 59.1 Å². The molecule has 2 saturated heterocycles. The van der Waals surface area contributed by atoms with Gasteiger partial charge in [-0.25, -0.2) is 0 Å². The second-order valence-electron chi connectivity index (χ2n) is 9.30. The number of morpholine rings is 1. The normalized spacial score (nSPS) is 22.9. The summed E-state index contributed by atoms with van der Waals surface area (Å²) in [5.74, 6) is 2.14. The van der Waals surface area contributed by atoms with Crippen molar-refractivity contribution in [2.75, 3.05) is 46.0 Å². The summed E-state index contributed by atoms with van der Waals surface area (Å²) < 4.78 is 11.3. The molecule has 6 heteroatoms. The van der Waals surface area contributed by atoms with Gasteiger partial charge in [0.15, 0.2) is 0 Å². The molecule has 0 bridgehead atoms. The lowest BCUT2D eigenvalue weighted by atomic mass is 9.86. The molecule has 6 nitrogen and oxygen atoms in total. The van der Waals surface area contributed by atoms with Crippen LogP contribution in [0.5, 0.6) is 5.75 Å². The molecule has 1 aliphatic carbocycles. The first-order valence-corrected chi connectivity index (χ1v) is 12.1. The molecule has 1 saturated carbocycles. The van der Waals surface area contributed by atoms with E-state index in [1.807, 2.05) is 29.2 Å². The number of nitrogens with zero attached hydrogens (tertiary/aromatic N) is 2. The van der Waals surface area contributed by atoms with Crippen molar-refractivity contribution in [3.63, 3.8) is 0 Å². The summed E-state index contributed by atoms with van der Waals surface area (Å²) >= 11 is 0. The Hall–Kier alpha value is -2.08. The molecule has 2 heterocycles. The third kappa shape index (κ3) is 6.22. The molecule has 2 aliphatic heterocycles. The number of likely N-dealkylation sites (tertiary alicyclic amines) is 1. The molecule has 0 aromatic heterocycles. The minimum absolute atomic E-state index is 0.0502.